The van der Waals surface area contributed by atoms with Gasteiger partial charge in [0.15, 0.2) is 0 Å². The highest BCUT2D eigenvalue weighted by atomic mass is 14.8. The molecule has 2 nitrogen and oxygen atoms in total. The minimum Gasteiger partial charge on any atom is -0.252 e. The summed E-state index contributed by atoms with van der Waals surface area (Å²) in [6, 6.07) is 16.5. The summed E-state index contributed by atoms with van der Waals surface area (Å²) in [6.45, 7) is 4.37. The van der Waals surface area contributed by atoms with Crippen LogP contribution in [0.5, 0.6) is 0 Å². The van der Waals surface area contributed by atoms with Crippen molar-refractivity contribution in [3.8, 4) is 11.3 Å². The molecule has 0 fully saturated rings. The number of aromatic nitrogens is 2. The fourth-order valence-corrected chi connectivity index (χ4v) is 2.13. The Bertz CT molecular complexity index is 703. The SMILES string of the molecule is CC(C)c1ccc2nc(-c3ccccc3)cnc2c1. The van der Waals surface area contributed by atoms with Crippen molar-refractivity contribution < 1.29 is 0 Å². The van der Waals surface area contributed by atoms with E-state index >= 15 is 0 Å². The summed E-state index contributed by atoms with van der Waals surface area (Å²) in [5.74, 6) is 0.514. The lowest BCUT2D eigenvalue weighted by atomic mass is 10.0. The molecule has 3 aromatic rings. The molecule has 0 aliphatic rings. The van der Waals surface area contributed by atoms with Crippen LogP contribution in [0.4, 0.5) is 0 Å². The number of benzene rings is 2. The van der Waals surface area contributed by atoms with Gasteiger partial charge in [0.25, 0.3) is 0 Å². The fraction of sp³-hybridized carbons (Fsp3) is 0.176. The van der Waals surface area contributed by atoms with Crippen molar-refractivity contribution in [2.75, 3.05) is 0 Å². The Labute approximate surface area is 113 Å². The third kappa shape index (κ3) is 2.34. The van der Waals surface area contributed by atoms with E-state index in [0.717, 1.165) is 22.3 Å². The first-order valence-electron chi connectivity index (χ1n) is 6.56. The van der Waals surface area contributed by atoms with Crippen molar-refractivity contribution in [3.63, 3.8) is 0 Å². The van der Waals surface area contributed by atoms with Gasteiger partial charge in [-0.15, -0.1) is 0 Å². The molecular weight excluding hydrogens is 232 g/mol. The molecule has 2 aromatic carbocycles. The van der Waals surface area contributed by atoms with E-state index in [0.29, 0.717) is 5.92 Å². The van der Waals surface area contributed by atoms with E-state index in [-0.39, 0.29) is 0 Å². The number of rotatable bonds is 2. The van der Waals surface area contributed by atoms with Gasteiger partial charge in [-0.3, -0.25) is 4.98 Å². The van der Waals surface area contributed by atoms with E-state index in [2.05, 4.69) is 54.1 Å². The molecule has 0 spiro atoms. The second-order valence-corrected chi connectivity index (χ2v) is 5.02. The van der Waals surface area contributed by atoms with Crippen molar-refractivity contribution in [3.05, 3.63) is 60.3 Å². The quantitative estimate of drug-likeness (QED) is 0.671. The van der Waals surface area contributed by atoms with E-state index in [9.17, 15) is 0 Å². The molecule has 3 rings (SSSR count). The molecule has 0 N–H and O–H groups in total. The molecular formula is C17H16N2. The van der Waals surface area contributed by atoms with Crippen LogP contribution in [0, 0.1) is 0 Å². The first kappa shape index (κ1) is 11.8. The van der Waals surface area contributed by atoms with Crippen LogP contribution in [0.25, 0.3) is 22.3 Å². The van der Waals surface area contributed by atoms with Crippen LogP contribution >= 0.6 is 0 Å². The maximum Gasteiger partial charge on any atom is 0.0894 e. The molecule has 0 aliphatic carbocycles. The van der Waals surface area contributed by atoms with E-state index in [4.69, 9.17) is 0 Å². The third-order valence-corrected chi connectivity index (χ3v) is 3.30. The van der Waals surface area contributed by atoms with Crippen LogP contribution in [0.3, 0.4) is 0 Å². The van der Waals surface area contributed by atoms with Crippen molar-refractivity contribution >= 4 is 11.0 Å². The molecule has 0 amide bonds. The topological polar surface area (TPSA) is 25.8 Å². The second kappa shape index (κ2) is 4.81. The summed E-state index contributed by atoms with van der Waals surface area (Å²) in [7, 11) is 0. The van der Waals surface area contributed by atoms with Crippen LogP contribution in [0.2, 0.25) is 0 Å². The summed E-state index contributed by atoms with van der Waals surface area (Å²) in [5.41, 5.74) is 5.24. The average Bonchev–Trinajstić information content (AvgIpc) is 2.47. The first-order chi connectivity index (χ1) is 9.24. The van der Waals surface area contributed by atoms with Gasteiger partial charge in [-0.1, -0.05) is 50.2 Å². The molecule has 0 atom stereocenters. The lowest BCUT2D eigenvalue weighted by molar-refractivity contribution is 0.868. The van der Waals surface area contributed by atoms with Gasteiger partial charge >= 0.3 is 0 Å². The molecule has 0 unspecified atom stereocenters. The predicted molar refractivity (Wildman–Crippen MR) is 79.1 cm³/mol. The predicted octanol–water partition coefficient (Wildman–Crippen LogP) is 4.42. The van der Waals surface area contributed by atoms with Crippen molar-refractivity contribution in [2.45, 2.75) is 19.8 Å². The lowest BCUT2D eigenvalue weighted by Crippen LogP contribution is -1.92. The Kier molecular flexibility index (Phi) is 3.00. The van der Waals surface area contributed by atoms with Crippen LogP contribution in [0.15, 0.2) is 54.7 Å². The zero-order chi connectivity index (χ0) is 13.2. The monoisotopic (exact) mass is 248 g/mol. The number of nitrogens with zero attached hydrogens (tertiary/aromatic N) is 2. The Balaban J connectivity index is 2.10. The van der Waals surface area contributed by atoms with E-state index in [1.807, 2.05) is 24.4 Å². The van der Waals surface area contributed by atoms with E-state index < -0.39 is 0 Å². The zero-order valence-electron chi connectivity index (χ0n) is 11.2. The standard InChI is InChI=1S/C17H16N2/c1-12(2)14-8-9-15-16(10-14)18-11-17(19-15)13-6-4-3-5-7-13/h3-12H,1-2H3. The number of hydrogen-bond donors (Lipinski definition) is 0. The van der Waals surface area contributed by atoms with Gasteiger partial charge in [-0.2, -0.15) is 0 Å². The fourth-order valence-electron chi connectivity index (χ4n) is 2.13. The van der Waals surface area contributed by atoms with Gasteiger partial charge in [0.05, 0.1) is 22.9 Å². The van der Waals surface area contributed by atoms with Crippen molar-refractivity contribution in [1.29, 1.82) is 0 Å². The number of fused-ring (bicyclic) bond motifs is 1. The Morgan fingerprint density at radius 3 is 2.42 bits per heavy atom. The molecule has 2 heteroatoms. The molecule has 19 heavy (non-hydrogen) atoms. The largest absolute Gasteiger partial charge is 0.252 e. The second-order valence-electron chi connectivity index (χ2n) is 5.02. The molecule has 0 bridgehead atoms. The van der Waals surface area contributed by atoms with Gasteiger partial charge in [0.2, 0.25) is 0 Å². The van der Waals surface area contributed by atoms with Crippen LogP contribution in [0.1, 0.15) is 25.3 Å². The first-order valence-corrected chi connectivity index (χ1v) is 6.56. The van der Waals surface area contributed by atoms with Gasteiger partial charge in [0.1, 0.15) is 0 Å². The molecule has 0 saturated carbocycles. The number of hydrogen-bond acceptors (Lipinski definition) is 2. The Morgan fingerprint density at radius 2 is 1.68 bits per heavy atom. The van der Waals surface area contributed by atoms with Gasteiger partial charge in [-0.25, -0.2) is 4.98 Å². The minimum atomic E-state index is 0.514. The van der Waals surface area contributed by atoms with Crippen molar-refractivity contribution in [2.24, 2.45) is 0 Å². The van der Waals surface area contributed by atoms with Gasteiger partial charge in [-0.05, 0) is 23.6 Å². The highest BCUT2D eigenvalue weighted by molar-refractivity contribution is 5.77. The highest BCUT2D eigenvalue weighted by Gasteiger charge is 2.05. The molecule has 0 aliphatic heterocycles. The zero-order valence-corrected chi connectivity index (χ0v) is 11.2. The normalized spacial score (nSPS) is 11.1. The molecule has 1 aromatic heterocycles. The maximum absolute atomic E-state index is 4.68. The summed E-state index contributed by atoms with van der Waals surface area (Å²) >= 11 is 0. The van der Waals surface area contributed by atoms with Crippen LogP contribution < -0.4 is 0 Å². The average molecular weight is 248 g/mol. The molecule has 0 radical (unpaired) electrons. The van der Waals surface area contributed by atoms with Gasteiger partial charge in [0, 0.05) is 5.56 Å². The lowest BCUT2D eigenvalue weighted by Gasteiger charge is -2.07. The molecule has 0 saturated heterocycles. The minimum absolute atomic E-state index is 0.514. The maximum atomic E-state index is 4.68. The van der Waals surface area contributed by atoms with E-state index in [1.165, 1.54) is 5.56 Å². The summed E-state index contributed by atoms with van der Waals surface area (Å²) in [6.07, 6.45) is 1.85. The highest BCUT2D eigenvalue weighted by Crippen LogP contribution is 2.22. The van der Waals surface area contributed by atoms with E-state index in [1.54, 1.807) is 0 Å². The van der Waals surface area contributed by atoms with Crippen LogP contribution in [-0.4, -0.2) is 9.97 Å². The summed E-state index contributed by atoms with van der Waals surface area (Å²) in [4.78, 5) is 9.22. The summed E-state index contributed by atoms with van der Waals surface area (Å²) < 4.78 is 0. The third-order valence-electron chi connectivity index (χ3n) is 3.30. The Morgan fingerprint density at radius 1 is 0.895 bits per heavy atom. The smallest absolute Gasteiger partial charge is 0.0894 e. The Hall–Kier alpha value is -2.22. The molecule has 1 heterocycles. The van der Waals surface area contributed by atoms with Crippen molar-refractivity contribution in [1.82, 2.24) is 9.97 Å². The summed E-state index contributed by atoms with van der Waals surface area (Å²) in [5, 5.41) is 0. The van der Waals surface area contributed by atoms with Gasteiger partial charge < -0.3 is 0 Å². The molecule has 94 valence electrons. The van der Waals surface area contributed by atoms with Crippen LogP contribution in [-0.2, 0) is 0 Å².